The zero-order chi connectivity index (χ0) is 14.1. The number of carbonyl (C=O) groups is 2. The van der Waals surface area contributed by atoms with Crippen molar-refractivity contribution in [2.75, 3.05) is 6.54 Å². The van der Waals surface area contributed by atoms with Gasteiger partial charge in [0.2, 0.25) is 11.8 Å². The number of hydrogen-bond acceptors (Lipinski definition) is 3. The van der Waals surface area contributed by atoms with E-state index >= 15 is 0 Å². The van der Waals surface area contributed by atoms with E-state index in [1.165, 1.54) is 0 Å². The van der Waals surface area contributed by atoms with E-state index < -0.39 is 6.04 Å². The SMILES string of the molecule is CC(C)CNC(=O)C(C)NC(=O)CCCC(C)N. The Kier molecular flexibility index (Phi) is 8.37. The summed E-state index contributed by atoms with van der Waals surface area (Å²) in [5, 5.41) is 5.47. The van der Waals surface area contributed by atoms with Crippen LogP contribution in [0.3, 0.4) is 0 Å². The molecule has 2 atom stereocenters. The van der Waals surface area contributed by atoms with Crippen molar-refractivity contribution in [2.45, 2.75) is 59.0 Å². The van der Waals surface area contributed by atoms with Crippen molar-refractivity contribution >= 4 is 11.8 Å². The van der Waals surface area contributed by atoms with Gasteiger partial charge in [-0.3, -0.25) is 9.59 Å². The van der Waals surface area contributed by atoms with Crippen molar-refractivity contribution in [3.63, 3.8) is 0 Å². The predicted molar refractivity (Wildman–Crippen MR) is 73.0 cm³/mol. The molecule has 0 aliphatic carbocycles. The molecule has 0 aromatic rings. The molecule has 0 bridgehead atoms. The second kappa shape index (κ2) is 8.91. The molecule has 0 rings (SSSR count). The molecule has 2 amide bonds. The largest absolute Gasteiger partial charge is 0.354 e. The Hall–Kier alpha value is -1.10. The molecule has 5 heteroatoms. The first kappa shape index (κ1) is 16.9. The average molecular weight is 257 g/mol. The first-order valence-corrected chi connectivity index (χ1v) is 6.65. The molecule has 0 aliphatic heterocycles. The number of rotatable bonds is 8. The third-order valence-electron chi connectivity index (χ3n) is 2.52. The smallest absolute Gasteiger partial charge is 0.242 e. The molecule has 18 heavy (non-hydrogen) atoms. The maximum Gasteiger partial charge on any atom is 0.242 e. The Morgan fingerprint density at radius 1 is 1.17 bits per heavy atom. The topological polar surface area (TPSA) is 84.2 Å². The molecule has 4 N–H and O–H groups in total. The molecule has 0 aliphatic rings. The van der Waals surface area contributed by atoms with Crippen LogP contribution in [0.15, 0.2) is 0 Å². The van der Waals surface area contributed by atoms with Crippen LogP contribution in [-0.4, -0.2) is 30.4 Å². The van der Waals surface area contributed by atoms with Crippen LogP contribution in [0.25, 0.3) is 0 Å². The van der Waals surface area contributed by atoms with Crippen LogP contribution >= 0.6 is 0 Å². The van der Waals surface area contributed by atoms with Crippen molar-refractivity contribution in [3.8, 4) is 0 Å². The summed E-state index contributed by atoms with van der Waals surface area (Å²) in [7, 11) is 0. The van der Waals surface area contributed by atoms with Crippen LogP contribution in [0.4, 0.5) is 0 Å². The molecule has 0 fully saturated rings. The summed E-state index contributed by atoms with van der Waals surface area (Å²) in [6, 6.07) is -0.365. The van der Waals surface area contributed by atoms with Gasteiger partial charge in [0.1, 0.15) is 6.04 Å². The normalized spacial score (nSPS) is 14.1. The Bertz CT molecular complexity index is 265. The summed E-state index contributed by atoms with van der Waals surface area (Å²) in [5.41, 5.74) is 5.60. The minimum Gasteiger partial charge on any atom is -0.354 e. The van der Waals surface area contributed by atoms with E-state index in [-0.39, 0.29) is 17.9 Å². The number of nitrogens with two attached hydrogens (primary N) is 1. The van der Waals surface area contributed by atoms with Gasteiger partial charge in [0.05, 0.1) is 0 Å². The first-order valence-electron chi connectivity index (χ1n) is 6.65. The number of carbonyl (C=O) groups excluding carboxylic acids is 2. The zero-order valence-corrected chi connectivity index (χ0v) is 12.0. The lowest BCUT2D eigenvalue weighted by molar-refractivity contribution is -0.128. The first-order chi connectivity index (χ1) is 8.32. The van der Waals surface area contributed by atoms with Crippen LogP contribution in [-0.2, 0) is 9.59 Å². The minimum absolute atomic E-state index is 0.0946. The maximum absolute atomic E-state index is 11.6. The van der Waals surface area contributed by atoms with Gasteiger partial charge in [-0.15, -0.1) is 0 Å². The number of nitrogens with one attached hydrogen (secondary N) is 2. The molecule has 0 saturated heterocycles. The van der Waals surface area contributed by atoms with E-state index in [1.54, 1.807) is 6.92 Å². The van der Waals surface area contributed by atoms with Gasteiger partial charge in [-0.2, -0.15) is 0 Å². The van der Waals surface area contributed by atoms with Gasteiger partial charge in [0.25, 0.3) is 0 Å². The second-order valence-corrected chi connectivity index (χ2v) is 5.30. The summed E-state index contributed by atoms with van der Waals surface area (Å²) < 4.78 is 0. The molecular formula is C13H27N3O2. The highest BCUT2D eigenvalue weighted by Crippen LogP contribution is 1.99. The summed E-state index contributed by atoms with van der Waals surface area (Å²) in [5.74, 6) is 0.176. The summed E-state index contributed by atoms with van der Waals surface area (Å²) in [4.78, 5) is 23.2. The average Bonchev–Trinajstić information content (AvgIpc) is 2.24. The number of amides is 2. The molecule has 0 aromatic carbocycles. The monoisotopic (exact) mass is 257 g/mol. The van der Waals surface area contributed by atoms with Crippen LogP contribution in [0, 0.1) is 5.92 Å². The lowest BCUT2D eigenvalue weighted by Crippen LogP contribution is -2.45. The zero-order valence-electron chi connectivity index (χ0n) is 12.0. The Labute approximate surface area is 110 Å². The molecule has 106 valence electrons. The van der Waals surface area contributed by atoms with Crippen LogP contribution in [0.5, 0.6) is 0 Å². The highest BCUT2D eigenvalue weighted by atomic mass is 16.2. The van der Waals surface area contributed by atoms with Crippen molar-refractivity contribution in [2.24, 2.45) is 11.7 Å². The lowest BCUT2D eigenvalue weighted by atomic mass is 10.1. The molecule has 0 radical (unpaired) electrons. The standard InChI is InChI=1S/C13H27N3O2/c1-9(2)8-15-13(18)11(4)16-12(17)7-5-6-10(3)14/h9-11H,5-8,14H2,1-4H3,(H,15,18)(H,16,17). The van der Waals surface area contributed by atoms with Crippen molar-refractivity contribution < 1.29 is 9.59 Å². The van der Waals surface area contributed by atoms with Gasteiger partial charge in [-0.05, 0) is 32.6 Å². The van der Waals surface area contributed by atoms with E-state index in [1.807, 2.05) is 20.8 Å². The molecule has 0 aromatic heterocycles. The Balaban J connectivity index is 3.81. The Morgan fingerprint density at radius 2 is 1.78 bits per heavy atom. The third kappa shape index (κ3) is 8.98. The fourth-order valence-corrected chi connectivity index (χ4v) is 1.42. The van der Waals surface area contributed by atoms with Gasteiger partial charge in [0, 0.05) is 19.0 Å². The maximum atomic E-state index is 11.6. The highest BCUT2D eigenvalue weighted by molar-refractivity contribution is 5.87. The van der Waals surface area contributed by atoms with Gasteiger partial charge < -0.3 is 16.4 Å². The minimum atomic E-state index is -0.480. The summed E-state index contributed by atoms with van der Waals surface area (Å²) >= 11 is 0. The molecule has 2 unspecified atom stereocenters. The van der Waals surface area contributed by atoms with Gasteiger partial charge in [0.15, 0.2) is 0 Å². The van der Waals surface area contributed by atoms with Crippen LogP contribution in [0.2, 0.25) is 0 Å². The molecule has 0 saturated carbocycles. The van der Waals surface area contributed by atoms with E-state index in [0.717, 1.165) is 12.8 Å². The fraction of sp³-hybridized carbons (Fsp3) is 0.846. The van der Waals surface area contributed by atoms with E-state index in [9.17, 15) is 9.59 Å². The molecule has 5 nitrogen and oxygen atoms in total. The van der Waals surface area contributed by atoms with Crippen molar-refractivity contribution in [3.05, 3.63) is 0 Å². The second-order valence-electron chi connectivity index (χ2n) is 5.30. The van der Waals surface area contributed by atoms with Gasteiger partial charge in [-0.1, -0.05) is 13.8 Å². The third-order valence-corrected chi connectivity index (χ3v) is 2.52. The van der Waals surface area contributed by atoms with Crippen molar-refractivity contribution in [1.29, 1.82) is 0 Å². The molecular weight excluding hydrogens is 230 g/mol. The molecule has 0 spiro atoms. The van der Waals surface area contributed by atoms with Crippen molar-refractivity contribution in [1.82, 2.24) is 10.6 Å². The lowest BCUT2D eigenvalue weighted by Gasteiger charge is -2.15. The van der Waals surface area contributed by atoms with E-state index in [4.69, 9.17) is 5.73 Å². The predicted octanol–water partition coefficient (Wildman–Crippen LogP) is 0.781. The summed E-state index contributed by atoms with van der Waals surface area (Å²) in [6.45, 7) is 8.29. The van der Waals surface area contributed by atoms with E-state index in [0.29, 0.717) is 18.9 Å². The van der Waals surface area contributed by atoms with Crippen LogP contribution in [0.1, 0.15) is 47.0 Å². The molecule has 0 heterocycles. The van der Waals surface area contributed by atoms with Crippen LogP contribution < -0.4 is 16.4 Å². The fourth-order valence-electron chi connectivity index (χ4n) is 1.42. The van der Waals surface area contributed by atoms with Gasteiger partial charge in [-0.25, -0.2) is 0 Å². The quantitative estimate of drug-likeness (QED) is 0.601. The number of hydrogen-bond donors (Lipinski definition) is 3. The summed E-state index contributed by atoms with van der Waals surface area (Å²) in [6.07, 6.45) is 1.99. The van der Waals surface area contributed by atoms with Gasteiger partial charge >= 0.3 is 0 Å². The highest BCUT2D eigenvalue weighted by Gasteiger charge is 2.15. The van der Waals surface area contributed by atoms with E-state index in [2.05, 4.69) is 10.6 Å². The Morgan fingerprint density at radius 3 is 2.28 bits per heavy atom.